The fourth-order valence-electron chi connectivity index (χ4n) is 3.86. The lowest BCUT2D eigenvalue weighted by atomic mass is 9.91. The molecule has 0 amide bonds. The number of hydrogen-bond acceptors (Lipinski definition) is 7. The second-order valence-electron chi connectivity index (χ2n) is 7.43. The zero-order valence-electron chi connectivity index (χ0n) is 15.6. The SMILES string of the molecule is CC(=O)c1c(C)c2cnc(NC3CCOCC3O)nc2n(C2CCC2)c1=O. The molecule has 1 saturated carbocycles. The smallest absolute Gasteiger partial charge is 0.263 e. The van der Waals surface area contributed by atoms with Crippen molar-refractivity contribution in [1.82, 2.24) is 14.5 Å². The maximum absolute atomic E-state index is 13.0. The summed E-state index contributed by atoms with van der Waals surface area (Å²) in [5.41, 5.74) is 1.12. The van der Waals surface area contributed by atoms with Crippen LogP contribution < -0.4 is 10.9 Å². The fraction of sp³-hybridized carbons (Fsp3) is 0.579. The van der Waals surface area contributed by atoms with Gasteiger partial charge in [-0.2, -0.15) is 4.98 Å². The molecule has 2 fully saturated rings. The monoisotopic (exact) mass is 372 g/mol. The van der Waals surface area contributed by atoms with Gasteiger partial charge in [0.05, 0.1) is 24.3 Å². The lowest BCUT2D eigenvalue weighted by Gasteiger charge is -2.30. The molecule has 2 aliphatic rings. The van der Waals surface area contributed by atoms with Gasteiger partial charge in [0.15, 0.2) is 5.78 Å². The Hall–Kier alpha value is -2.32. The number of anilines is 1. The van der Waals surface area contributed by atoms with Gasteiger partial charge in [0.1, 0.15) is 5.65 Å². The number of fused-ring (bicyclic) bond motifs is 1. The Bertz CT molecular complexity index is 951. The molecular weight excluding hydrogens is 348 g/mol. The van der Waals surface area contributed by atoms with Gasteiger partial charge in [-0.25, -0.2) is 4.98 Å². The molecule has 2 aromatic heterocycles. The number of aromatic nitrogens is 3. The minimum atomic E-state index is -0.631. The van der Waals surface area contributed by atoms with Gasteiger partial charge < -0.3 is 15.2 Å². The number of nitrogens with zero attached hydrogens (tertiary/aromatic N) is 3. The molecule has 27 heavy (non-hydrogen) atoms. The third-order valence-electron chi connectivity index (χ3n) is 5.64. The minimum absolute atomic E-state index is 0.0649. The first-order valence-electron chi connectivity index (χ1n) is 9.42. The third kappa shape index (κ3) is 3.12. The van der Waals surface area contributed by atoms with Gasteiger partial charge in [0.25, 0.3) is 5.56 Å². The van der Waals surface area contributed by atoms with Gasteiger partial charge in [0.2, 0.25) is 5.95 Å². The van der Waals surface area contributed by atoms with Crippen LogP contribution in [-0.2, 0) is 4.74 Å². The van der Waals surface area contributed by atoms with Crippen LogP contribution in [0.5, 0.6) is 0 Å². The highest BCUT2D eigenvalue weighted by atomic mass is 16.5. The first-order valence-corrected chi connectivity index (χ1v) is 9.42. The Kier molecular flexibility index (Phi) is 4.69. The number of Topliss-reactive ketones (excluding diaryl/α,β-unsaturated/α-hetero) is 1. The van der Waals surface area contributed by atoms with Crippen LogP contribution in [0.4, 0.5) is 5.95 Å². The van der Waals surface area contributed by atoms with E-state index in [9.17, 15) is 14.7 Å². The van der Waals surface area contributed by atoms with Crippen molar-refractivity contribution in [3.05, 3.63) is 27.7 Å². The summed E-state index contributed by atoms with van der Waals surface area (Å²) in [7, 11) is 0. The van der Waals surface area contributed by atoms with Gasteiger partial charge in [-0.15, -0.1) is 0 Å². The van der Waals surface area contributed by atoms with Gasteiger partial charge in [-0.3, -0.25) is 14.2 Å². The summed E-state index contributed by atoms with van der Waals surface area (Å²) in [5.74, 6) is 0.135. The highest BCUT2D eigenvalue weighted by Gasteiger charge is 2.28. The van der Waals surface area contributed by atoms with Crippen LogP contribution in [0.1, 0.15) is 54.6 Å². The quantitative estimate of drug-likeness (QED) is 0.785. The van der Waals surface area contributed by atoms with Crippen LogP contribution >= 0.6 is 0 Å². The molecule has 144 valence electrons. The predicted octanol–water partition coefficient (Wildman–Crippen LogP) is 1.59. The maximum Gasteiger partial charge on any atom is 0.263 e. The van der Waals surface area contributed by atoms with E-state index in [0.717, 1.165) is 19.3 Å². The summed E-state index contributed by atoms with van der Waals surface area (Å²) in [4.78, 5) is 34.1. The van der Waals surface area contributed by atoms with E-state index >= 15 is 0 Å². The summed E-state index contributed by atoms with van der Waals surface area (Å²) < 4.78 is 6.91. The Balaban J connectivity index is 1.83. The largest absolute Gasteiger partial charge is 0.389 e. The van der Waals surface area contributed by atoms with Crippen molar-refractivity contribution in [3.8, 4) is 0 Å². The highest BCUT2D eigenvalue weighted by Crippen LogP contribution is 2.33. The van der Waals surface area contributed by atoms with Crippen LogP contribution in [0.3, 0.4) is 0 Å². The van der Waals surface area contributed by atoms with E-state index in [4.69, 9.17) is 4.74 Å². The topological polar surface area (TPSA) is 106 Å². The van der Waals surface area contributed by atoms with Gasteiger partial charge in [-0.1, -0.05) is 0 Å². The van der Waals surface area contributed by atoms with Gasteiger partial charge in [-0.05, 0) is 45.1 Å². The number of ether oxygens (including phenoxy) is 1. The van der Waals surface area contributed by atoms with Crippen molar-refractivity contribution in [2.75, 3.05) is 18.5 Å². The summed E-state index contributed by atoms with van der Waals surface area (Å²) >= 11 is 0. The molecule has 2 N–H and O–H groups in total. The number of nitrogens with one attached hydrogen (secondary N) is 1. The normalized spacial score (nSPS) is 23.2. The standard InChI is InChI=1S/C19H24N4O4/c1-10-13-8-20-19(21-14-6-7-27-9-15(14)25)22-17(13)23(12-4-3-5-12)18(26)16(10)11(2)24/h8,12,14-15,25H,3-7,9H2,1-2H3,(H,20,21,22). The van der Waals surface area contributed by atoms with Gasteiger partial charge in [0, 0.05) is 24.2 Å². The summed E-state index contributed by atoms with van der Waals surface area (Å²) in [6.07, 6.45) is 4.55. The Morgan fingerprint density at radius 2 is 2.15 bits per heavy atom. The molecular formula is C19H24N4O4. The molecule has 0 spiro atoms. The van der Waals surface area contributed by atoms with Crippen LogP contribution in [0.25, 0.3) is 11.0 Å². The molecule has 1 aliphatic carbocycles. The van der Waals surface area contributed by atoms with E-state index in [1.54, 1.807) is 17.7 Å². The molecule has 8 heteroatoms. The first kappa shape index (κ1) is 18.1. The predicted molar refractivity (Wildman–Crippen MR) is 100 cm³/mol. The van der Waals surface area contributed by atoms with E-state index in [2.05, 4.69) is 15.3 Å². The summed E-state index contributed by atoms with van der Waals surface area (Å²) in [6.45, 7) is 4.03. The molecule has 8 nitrogen and oxygen atoms in total. The average Bonchev–Trinajstić information content (AvgIpc) is 2.58. The third-order valence-corrected chi connectivity index (χ3v) is 5.64. The fourth-order valence-corrected chi connectivity index (χ4v) is 3.86. The molecule has 2 atom stereocenters. The molecule has 0 bridgehead atoms. The first-order chi connectivity index (χ1) is 13.0. The Morgan fingerprint density at radius 3 is 2.78 bits per heavy atom. The molecule has 4 rings (SSSR count). The van der Waals surface area contributed by atoms with Crippen molar-refractivity contribution < 1.29 is 14.6 Å². The zero-order chi connectivity index (χ0) is 19.1. The second-order valence-corrected chi connectivity index (χ2v) is 7.43. The van der Waals surface area contributed by atoms with E-state index < -0.39 is 6.10 Å². The summed E-state index contributed by atoms with van der Waals surface area (Å²) in [5, 5.41) is 14.0. The lowest BCUT2D eigenvalue weighted by Crippen LogP contribution is -2.42. The lowest BCUT2D eigenvalue weighted by molar-refractivity contribution is -0.0136. The number of ketones is 1. The number of pyridine rings is 1. The van der Waals surface area contributed by atoms with E-state index in [0.29, 0.717) is 35.6 Å². The number of aryl methyl sites for hydroxylation is 1. The number of carbonyl (C=O) groups is 1. The van der Waals surface area contributed by atoms with Crippen LogP contribution in [-0.4, -0.2) is 50.8 Å². The molecule has 1 aliphatic heterocycles. The molecule has 0 aromatic carbocycles. The van der Waals surface area contributed by atoms with E-state index in [-0.39, 0.29) is 35.6 Å². The van der Waals surface area contributed by atoms with Crippen molar-refractivity contribution >= 4 is 22.8 Å². The number of aliphatic hydroxyl groups excluding tert-OH is 1. The van der Waals surface area contributed by atoms with Gasteiger partial charge >= 0.3 is 0 Å². The van der Waals surface area contributed by atoms with Crippen molar-refractivity contribution in [2.24, 2.45) is 0 Å². The van der Waals surface area contributed by atoms with Crippen LogP contribution in [0.2, 0.25) is 0 Å². The molecule has 3 heterocycles. The zero-order valence-corrected chi connectivity index (χ0v) is 15.6. The molecule has 0 radical (unpaired) electrons. The number of rotatable bonds is 4. The van der Waals surface area contributed by atoms with Crippen LogP contribution in [0.15, 0.2) is 11.0 Å². The average molecular weight is 372 g/mol. The van der Waals surface area contributed by atoms with E-state index in [1.165, 1.54) is 6.92 Å². The van der Waals surface area contributed by atoms with E-state index in [1.807, 2.05) is 0 Å². The Labute approximate surface area is 156 Å². The van der Waals surface area contributed by atoms with Crippen molar-refractivity contribution in [2.45, 2.75) is 57.7 Å². The number of carbonyl (C=O) groups excluding carboxylic acids is 1. The van der Waals surface area contributed by atoms with Crippen molar-refractivity contribution in [3.63, 3.8) is 0 Å². The molecule has 1 saturated heterocycles. The van der Waals surface area contributed by atoms with Crippen molar-refractivity contribution in [1.29, 1.82) is 0 Å². The van der Waals surface area contributed by atoms with Crippen LogP contribution in [0, 0.1) is 6.92 Å². The summed E-state index contributed by atoms with van der Waals surface area (Å²) in [6, 6.07) is -0.132. The molecule has 2 aromatic rings. The minimum Gasteiger partial charge on any atom is -0.389 e. The number of aliphatic hydroxyl groups is 1. The highest BCUT2D eigenvalue weighted by molar-refractivity contribution is 5.99. The second kappa shape index (κ2) is 7.01. The Morgan fingerprint density at radius 1 is 1.37 bits per heavy atom. The number of hydrogen-bond donors (Lipinski definition) is 2. The maximum atomic E-state index is 13.0. The molecule has 2 unspecified atom stereocenters.